The summed E-state index contributed by atoms with van der Waals surface area (Å²) < 4.78 is 41.5. The standard InChI is InChI=1S/C56H61Cl4N11O9/c1-7-44(72)64-33-10-17-77-27-36(33)63-43-22-32-30(25-61-43)20-34(46-48(57)39(74-4)23-40(75-5)49(46)58)66-53(32)71-15-11-56(3,12-16-71)80-19-18-79-42-24-41(76-6)50(59)47(51(42)60)35-21-31-26-62-55(69-52(31)54(67-35)70-13-9-14-70)68-38-29-78-28-37(38)65-45(73)8-2/h7-8,20-26,33,36-38H,1-2,9-19,27-29H2,3-6H3,(H,61,63)(H,64,72)(H,65,73)(H,62,68,69)/t33-,36+,37-,38+/m0/s1. The van der Waals surface area contributed by atoms with Gasteiger partial charge in [0.15, 0.2) is 5.82 Å². The number of carbonyl (C=O) groups excluding carboxylic acids is 2. The third-order valence-corrected chi connectivity index (χ3v) is 16.4. The molecule has 0 aliphatic carbocycles. The molecule has 422 valence electrons. The normalized spacial score (nSPS) is 19.7. The molecule has 4 N–H and O–H groups in total. The fourth-order valence-electron chi connectivity index (χ4n) is 10.2. The van der Waals surface area contributed by atoms with Crippen LogP contribution in [-0.2, 0) is 23.8 Å². The topological polar surface area (TPSA) is 218 Å². The summed E-state index contributed by atoms with van der Waals surface area (Å²) in [5.74, 6) is 3.20. The van der Waals surface area contributed by atoms with Gasteiger partial charge in [0.05, 0.1) is 109 Å². The van der Waals surface area contributed by atoms with Crippen molar-refractivity contribution in [1.82, 2.24) is 35.6 Å². The van der Waals surface area contributed by atoms with Crippen molar-refractivity contribution in [1.29, 1.82) is 0 Å². The van der Waals surface area contributed by atoms with E-state index in [1.54, 1.807) is 24.5 Å². The number of hydrogen-bond acceptors (Lipinski definition) is 18. The highest BCUT2D eigenvalue weighted by Gasteiger charge is 2.35. The lowest BCUT2D eigenvalue weighted by atomic mass is 9.93. The van der Waals surface area contributed by atoms with Crippen molar-refractivity contribution in [3.63, 3.8) is 0 Å². The Kier molecular flexibility index (Phi) is 17.4. The molecular weight excluding hydrogens is 1110 g/mol. The van der Waals surface area contributed by atoms with Crippen LogP contribution in [0.25, 0.3) is 44.2 Å². The number of hydrogen-bond donors (Lipinski definition) is 4. The fraction of sp³-hybridized carbons (Fsp3) is 0.411. The van der Waals surface area contributed by atoms with Gasteiger partial charge in [0.1, 0.15) is 46.8 Å². The summed E-state index contributed by atoms with van der Waals surface area (Å²) in [5.41, 5.74) is 1.99. The molecule has 0 radical (unpaired) electrons. The average molecular weight is 1170 g/mol. The first kappa shape index (κ1) is 56.6. The minimum atomic E-state index is -0.527. The molecule has 0 saturated carbocycles. The largest absolute Gasteiger partial charge is 0.495 e. The van der Waals surface area contributed by atoms with Gasteiger partial charge in [-0.05, 0) is 63.0 Å². The quantitative estimate of drug-likeness (QED) is 0.0414. The van der Waals surface area contributed by atoms with Crippen molar-refractivity contribution < 1.29 is 42.7 Å². The summed E-state index contributed by atoms with van der Waals surface area (Å²) in [7, 11) is 4.58. The van der Waals surface area contributed by atoms with Crippen LogP contribution in [0.3, 0.4) is 0 Å². The maximum atomic E-state index is 12.3. The van der Waals surface area contributed by atoms with Gasteiger partial charge < -0.3 is 64.2 Å². The van der Waals surface area contributed by atoms with E-state index in [-0.39, 0.29) is 69.3 Å². The Morgan fingerprint density at radius 1 is 0.675 bits per heavy atom. The highest BCUT2D eigenvalue weighted by atomic mass is 35.5. The predicted octanol–water partition coefficient (Wildman–Crippen LogP) is 8.96. The Morgan fingerprint density at radius 3 is 1.88 bits per heavy atom. The molecule has 24 heteroatoms. The van der Waals surface area contributed by atoms with Crippen molar-refractivity contribution in [2.45, 2.75) is 62.4 Å². The minimum absolute atomic E-state index is 0.161. The lowest BCUT2D eigenvalue weighted by Gasteiger charge is -2.40. The molecule has 2 amide bonds. The Balaban J connectivity index is 0.864. The van der Waals surface area contributed by atoms with E-state index in [2.05, 4.69) is 56.1 Å². The molecule has 10 rings (SSSR count). The molecule has 4 atom stereocenters. The van der Waals surface area contributed by atoms with E-state index in [1.165, 1.54) is 33.5 Å². The number of carbonyl (C=O) groups is 2. The molecule has 20 nitrogen and oxygen atoms in total. The van der Waals surface area contributed by atoms with Crippen LogP contribution in [0, 0.1) is 0 Å². The molecule has 0 bridgehead atoms. The van der Waals surface area contributed by atoms with Crippen molar-refractivity contribution in [3.8, 4) is 45.5 Å². The Hall–Kier alpha value is -6.65. The van der Waals surface area contributed by atoms with E-state index in [1.807, 2.05) is 18.2 Å². The van der Waals surface area contributed by atoms with E-state index in [0.29, 0.717) is 139 Å². The number of piperidine rings is 1. The van der Waals surface area contributed by atoms with Gasteiger partial charge in [-0.2, -0.15) is 0 Å². The van der Waals surface area contributed by atoms with Gasteiger partial charge in [-0.1, -0.05) is 59.6 Å². The van der Waals surface area contributed by atoms with Crippen molar-refractivity contribution in [2.24, 2.45) is 0 Å². The lowest BCUT2D eigenvalue weighted by Crippen LogP contribution is -2.52. The molecule has 0 unspecified atom stereocenters. The third-order valence-electron chi connectivity index (χ3n) is 14.9. The Morgan fingerprint density at radius 2 is 1.24 bits per heavy atom. The first-order chi connectivity index (χ1) is 38.7. The van der Waals surface area contributed by atoms with E-state index in [4.69, 9.17) is 99.5 Å². The molecule has 4 aliphatic heterocycles. The summed E-state index contributed by atoms with van der Waals surface area (Å²) in [6.45, 7) is 14.0. The third kappa shape index (κ3) is 11.9. The van der Waals surface area contributed by atoms with Crippen molar-refractivity contribution in [3.05, 3.63) is 88.1 Å². The average Bonchev–Trinajstić information content (AvgIpc) is 4.02. The molecule has 80 heavy (non-hydrogen) atoms. The summed E-state index contributed by atoms with van der Waals surface area (Å²) in [5, 5.41) is 16.2. The number of methoxy groups -OCH3 is 3. The number of nitrogens with zero attached hydrogens (tertiary/aromatic N) is 7. The van der Waals surface area contributed by atoms with Crippen LogP contribution in [0.5, 0.6) is 23.0 Å². The molecule has 4 fully saturated rings. The van der Waals surface area contributed by atoms with Crippen LogP contribution < -0.4 is 50.0 Å². The molecular formula is C56H61Cl4N11O9. The number of rotatable bonds is 20. The highest BCUT2D eigenvalue weighted by Crippen LogP contribution is 2.49. The zero-order chi connectivity index (χ0) is 56.2. The van der Waals surface area contributed by atoms with Gasteiger partial charge in [-0.3, -0.25) is 9.59 Å². The number of fused-ring (bicyclic) bond motifs is 2. The Bertz CT molecular complexity index is 3320. The van der Waals surface area contributed by atoms with Crippen molar-refractivity contribution in [2.75, 3.05) is 108 Å². The summed E-state index contributed by atoms with van der Waals surface area (Å²) in [4.78, 5) is 53.6. The summed E-state index contributed by atoms with van der Waals surface area (Å²) in [6, 6.07) is 8.01. The number of pyridine rings is 3. The summed E-state index contributed by atoms with van der Waals surface area (Å²) >= 11 is 28.3. The van der Waals surface area contributed by atoms with E-state index < -0.39 is 5.60 Å². The second kappa shape index (κ2) is 24.6. The van der Waals surface area contributed by atoms with Crippen LogP contribution in [0.1, 0.15) is 32.6 Å². The zero-order valence-corrected chi connectivity index (χ0v) is 47.7. The van der Waals surface area contributed by atoms with E-state index in [0.717, 1.165) is 30.3 Å². The van der Waals surface area contributed by atoms with Crippen molar-refractivity contribution >= 4 is 103 Å². The van der Waals surface area contributed by atoms with Gasteiger partial charge >= 0.3 is 0 Å². The number of nitrogens with one attached hydrogen (secondary N) is 4. The SMILES string of the molecule is C=CC(=O)N[C@H]1CCOC[C@H]1Nc1cc2c(N3CCC(C)(OCCOc4cc(OC)c(Cl)c(-c5cc6cnc(N[C@@H]7COC[C@@H]7NC(=O)C=C)nc6c(N6CCC6)n5)c4Cl)CC3)nc(-c3c(Cl)c(OC)cc(OC)c3Cl)cc2cn1. The first-order valence-electron chi connectivity index (χ1n) is 26.2. The molecule has 4 saturated heterocycles. The van der Waals surface area contributed by atoms with Gasteiger partial charge in [-0.15, -0.1) is 0 Å². The van der Waals surface area contributed by atoms with Gasteiger partial charge in [-0.25, -0.2) is 24.9 Å². The maximum Gasteiger partial charge on any atom is 0.243 e. The number of benzene rings is 2. The Labute approximate surface area is 482 Å². The van der Waals surface area contributed by atoms with Crippen LogP contribution in [0.4, 0.5) is 23.4 Å². The van der Waals surface area contributed by atoms with Crippen LogP contribution in [0.2, 0.25) is 20.1 Å². The highest BCUT2D eigenvalue weighted by molar-refractivity contribution is 6.42. The molecule has 4 aromatic heterocycles. The monoisotopic (exact) mass is 1170 g/mol. The molecule has 8 heterocycles. The van der Waals surface area contributed by atoms with Gasteiger partial charge in [0.2, 0.25) is 17.8 Å². The molecule has 0 spiro atoms. The summed E-state index contributed by atoms with van der Waals surface area (Å²) in [6.07, 6.45) is 8.91. The number of aromatic nitrogens is 5. The van der Waals surface area contributed by atoms with E-state index in [9.17, 15) is 9.59 Å². The number of ether oxygens (including phenoxy) is 7. The molecule has 2 aromatic carbocycles. The number of amides is 2. The van der Waals surface area contributed by atoms with Crippen LogP contribution >= 0.6 is 46.4 Å². The second-order valence-corrected chi connectivity index (χ2v) is 21.5. The lowest BCUT2D eigenvalue weighted by molar-refractivity contribution is -0.118. The van der Waals surface area contributed by atoms with E-state index >= 15 is 0 Å². The zero-order valence-electron chi connectivity index (χ0n) is 44.6. The molecule has 4 aliphatic rings. The smallest absolute Gasteiger partial charge is 0.243 e. The van der Waals surface area contributed by atoms with Crippen LogP contribution in [-0.4, -0.2) is 154 Å². The van der Waals surface area contributed by atoms with Crippen LogP contribution in [0.15, 0.2) is 68.0 Å². The van der Waals surface area contributed by atoms with Gasteiger partial charge in [0, 0.05) is 84.6 Å². The minimum Gasteiger partial charge on any atom is -0.495 e. The predicted molar refractivity (Wildman–Crippen MR) is 311 cm³/mol. The van der Waals surface area contributed by atoms with Gasteiger partial charge in [0.25, 0.3) is 0 Å². The molecule has 6 aromatic rings. The number of anilines is 4. The fourth-order valence-corrected chi connectivity index (χ4v) is 11.6. The first-order valence-corrected chi connectivity index (χ1v) is 27.7. The second-order valence-electron chi connectivity index (χ2n) is 20.0. The maximum absolute atomic E-state index is 12.3. The number of halogens is 4.